The van der Waals surface area contributed by atoms with Gasteiger partial charge in [0.25, 0.3) is 0 Å². The quantitative estimate of drug-likeness (QED) is 0.729. The van der Waals surface area contributed by atoms with Crippen molar-refractivity contribution in [3.05, 3.63) is 11.6 Å². The van der Waals surface area contributed by atoms with Crippen LogP contribution in [-0.2, 0) is 4.79 Å². The summed E-state index contributed by atoms with van der Waals surface area (Å²) in [6.45, 7) is 11.0. The van der Waals surface area contributed by atoms with Gasteiger partial charge in [0.15, 0.2) is 0 Å². The Labute approximate surface area is 92.8 Å². The summed E-state index contributed by atoms with van der Waals surface area (Å²) in [5, 5.41) is 8.71. The number of rotatable bonds is 4. The second-order valence-electron chi connectivity index (χ2n) is 5.17. The number of nitrogens with zero attached hydrogens (tertiary/aromatic N) is 1. The van der Waals surface area contributed by atoms with Gasteiger partial charge >= 0.3 is 5.97 Å². The van der Waals surface area contributed by atoms with Gasteiger partial charge in [-0.25, -0.2) is 4.79 Å². The summed E-state index contributed by atoms with van der Waals surface area (Å²) >= 11 is 0. The third-order valence-electron chi connectivity index (χ3n) is 2.94. The van der Waals surface area contributed by atoms with Crippen molar-refractivity contribution in [2.75, 3.05) is 13.6 Å². The Morgan fingerprint density at radius 3 is 2.27 bits per heavy atom. The van der Waals surface area contributed by atoms with Crippen LogP contribution in [0.15, 0.2) is 11.6 Å². The Kier molecular flexibility index (Phi) is 5.01. The van der Waals surface area contributed by atoms with Crippen molar-refractivity contribution in [2.45, 2.75) is 40.7 Å². The van der Waals surface area contributed by atoms with Crippen LogP contribution in [0.5, 0.6) is 0 Å². The van der Waals surface area contributed by atoms with E-state index in [1.165, 1.54) is 0 Å². The molecule has 0 fully saturated rings. The Bertz CT molecular complexity index is 251. The van der Waals surface area contributed by atoms with E-state index in [0.29, 0.717) is 18.2 Å². The molecule has 0 heterocycles. The fourth-order valence-corrected chi connectivity index (χ4v) is 1.19. The molecular formula is C12H23NO2. The first kappa shape index (κ1) is 14.2. The second-order valence-corrected chi connectivity index (χ2v) is 5.17. The van der Waals surface area contributed by atoms with Crippen molar-refractivity contribution in [3.8, 4) is 0 Å². The average molecular weight is 213 g/mol. The summed E-state index contributed by atoms with van der Waals surface area (Å²) in [7, 11) is 2.02. The number of carboxylic acids is 1. The number of likely N-dealkylation sites (N-methyl/N-ethyl adjacent to an activating group) is 1. The highest BCUT2D eigenvalue weighted by Gasteiger charge is 2.23. The van der Waals surface area contributed by atoms with Crippen molar-refractivity contribution in [1.29, 1.82) is 0 Å². The van der Waals surface area contributed by atoms with Gasteiger partial charge in [0, 0.05) is 18.2 Å². The Hall–Kier alpha value is -0.830. The molecule has 0 radical (unpaired) electrons. The van der Waals surface area contributed by atoms with Crippen molar-refractivity contribution >= 4 is 5.97 Å². The lowest BCUT2D eigenvalue weighted by Gasteiger charge is -2.34. The maximum absolute atomic E-state index is 10.6. The van der Waals surface area contributed by atoms with Crippen molar-refractivity contribution in [1.82, 2.24) is 4.90 Å². The van der Waals surface area contributed by atoms with Gasteiger partial charge < -0.3 is 5.11 Å². The molecule has 0 saturated heterocycles. The van der Waals surface area contributed by atoms with E-state index in [1.54, 1.807) is 13.0 Å². The standard InChI is InChI=1S/C12H23NO2/c1-9(11(14)15)7-8-13(6)10(2)12(3,4)5/h7,10H,8H2,1-6H3,(H,14,15). The first-order valence-electron chi connectivity index (χ1n) is 5.26. The average Bonchev–Trinajstić information content (AvgIpc) is 2.10. The molecule has 3 nitrogen and oxygen atoms in total. The zero-order valence-electron chi connectivity index (χ0n) is 10.7. The topological polar surface area (TPSA) is 40.5 Å². The van der Waals surface area contributed by atoms with E-state index in [9.17, 15) is 4.79 Å². The van der Waals surface area contributed by atoms with Crippen LogP contribution < -0.4 is 0 Å². The summed E-state index contributed by atoms with van der Waals surface area (Å²) in [6.07, 6.45) is 1.75. The molecule has 0 aromatic carbocycles. The third kappa shape index (κ3) is 4.98. The molecule has 1 unspecified atom stereocenters. The van der Waals surface area contributed by atoms with Gasteiger partial charge in [-0.05, 0) is 26.3 Å². The molecule has 88 valence electrons. The van der Waals surface area contributed by atoms with E-state index in [0.717, 1.165) is 0 Å². The predicted octanol–water partition coefficient (Wildman–Crippen LogP) is 2.38. The predicted molar refractivity (Wildman–Crippen MR) is 62.9 cm³/mol. The lowest BCUT2D eigenvalue weighted by atomic mass is 9.87. The fourth-order valence-electron chi connectivity index (χ4n) is 1.19. The maximum atomic E-state index is 10.6. The zero-order valence-corrected chi connectivity index (χ0v) is 10.7. The molecule has 15 heavy (non-hydrogen) atoms. The third-order valence-corrected chi connectivity index (χ3v) is 2.94. The van der Waals surface area contributed by atoms with Crippen molar-refractivity contribution in [2.24, 2.45) is 5.41 Å². The van der Waals surface area contributed by atoms with E-state index in [-0.39, 0.29) is 5.41 Å². The Morgan fingerprint density at radius 1 is 1.47 bits per heavy atom. The minimum absolute atomic E-state index is 0.208. The zero-order chi connectivity index (χ0) is 12.2. The van der Waals surface area contributed by atoms with E-state index < -0.39 is 5.97 Å². The first-order chi connectivity index (χ1) is 6.66. The van der Waals surface area contributed by atoms with E-state index >= 15 is 0 Å². The van der Waals surface area contributed by atoms with Crippen molar-refractivity contribution in [3.63, 3.8) is 0 Å². The van der Waals surface area contributed by atoms with Gasteiger partial charge in [0.1, 0.15) is 0 Å². The molecule has 0 aliphatic rings. The minimum atomic E-state index is -0.841. The maximum Gasteiger partial charge on any atom is 0.330 e. The minimum Gasteiger partial charge on any atom is -0.478 e. The van der Waals surface area contributed by atoms with Gasteiger partial charge in [-0.15, -0.1) is 0 Å². The van der Waals surface area contributed by atoms with Crippen molar-refractivity contribution < 1.29 is 9.90 Å². The van der Waals surface area contributed by atoms with Gasteiger partial charge in [-0.2, -0.15) is 0 Å². The highest BCUT2D eigenvalue weighted by Crippen LogP contribution is 2.22. The molecule has 0 spiro atoms. The lowest BCUT2D eigenvalue weighted by Crippen LogP contribution is -2.39. The van der Waals surface area contributed by atoms with E-state index in [1.807, 2.05) is 7.05 Å². The Balaban J connectivity index is 4.33. The Morgan fingerprint density at radius 2 is 1.93 bits per heavy atom. The summed E-state index contributed by atoms with van der Waals surface area (Å²) in [5.41, 5.74) is 0.614. The van der Waals surface area contributed by atoms with Gasteiger partial charge in [0.05, 0.1) is 0 Å². The van der Waals surface area contributed by atoms with Gasteiger partial charge in [-0.3, -0.25) is 4.90 Å². The molecule has 0 amide bonds. The van der Waals surface area contributed by atoms with Crippen LogP contribution in [0.1, 0.15) is 34.6 Å². The molecule has 0 aliphatic heterocycles. The molecule has 3 heteroatoms. The molecule has 0 aromatic heterocycles. The number of carboxylic acid groups (broad SMARTS) is 1. The van der Waals surface area contributed by atoms with Crippen LogP contribution in [0.4, 0.5) is 0 Å². The molecular weight excluding hydrogens is 190 g/mol. The SMILES string of the molecule is CC(=CCN(C)C(C)C(C)(C)C)C(=O)O. The number of hydrogen-bond acceptors (Lipinski definition) is 2. The molecule has 0 aliphatic carbocycles. The van der Waals surface area contributed by atoms with Crippen LogP contribution in [0.3, 0.4) is 0 Å². The van der Waals surface area contributed by atoms with E-state index in [2.05, 4.69) is 32.6 Å². The summed E-state index contributed by atoms with van der Waals surface area (Å²) in [4.78, 5) is 12.8. The summed E-state index contributed by atoms with van der Waals surface area (Å²) in [6, 6.07) is 0.412. The van der Waals surface area contributed by atoms with Crippen LogP contribution in [-0.4, -0.2) is 35.6 Å². The molecule has 0 saturated carbocycles. The normalized spacial score (nSPS) is 15.5. The lowest BCUT2D eigenvalue weighted by molar-refractivity contribution is -0.132. The number of carbonyl (C=O) groups is 1. The highest BCUT2D eigenvalue weighted by atomic mass is 16.4. The molecule has 0 rings (SSSR count). The molecule has 1 atom stereocenters. The fraction of sp³-hybridized carbons (Fsp3) is 0.750. The number of hydrogen-bond donors (Lipinski definition) is 1. The van der Waals surface area contributed by atoms with Crippen LogP contribution in [0.2, 0.25) is 0 Å². The monoisotopic (exact) mass is 213 g/mol. The molecule has 1 N–H and O–H groups in total. The summed E-state index contributed by atoms with van der Waals surface area (Å²) < 4.78 is 0. The van der Waals surface area contributed by atoms with Crippen LogP contribution in [0, 0.1) is 5.41 Å². The van der Waals surface area contributed by atoms with Gasteiger partial charge in [0.2, 0.25) is 0 Å². The molecule has 0 aromatic rings. The second kappa shape index (κ2) is 5.31. The largest absolute Gasteiger partial charge is 0.478 e. The van der Waals surface area contributed by atoms with Gasteiger partial charge in [-0.1, -0.05) is 26.8 Å². The smallest absolute Gasteiger partial charge is 0.330 e. The van der Waals surface area contributed by atoms with Crippen LogP contribution in [0.25, 0.3) is 0 Å². The number of aliphatic carboxylic acids is 1. The van der Waals surface area contributed by atoms with Crippen LogP contribution >= 0.6 is 0 Å². The summed E-state index contributed by atoms with van der Waals surface area (Å²) in [5.74, 6) is -0.841. The van der Waals surface area contributed by atoms with E-state index in [4.69, 9.17) is 5.11 Å². The first-order valence-corrected chi connectivity index (χ1v) is 5.26. The highest BCUT2D eigenvalue weighted by molar-refractivity contribution is 5.85. The molecule has 0 bridgehead atoms.